The molecule has 0 aliphatic carbocycles. The predicted octanol–water partition coefficient (Wildman–Crippen LogP) is 4.33. The van der Waals surface area contributed by atoms with Crippen molar-refractivity contribution < 1.29 is 28.9 Å². The van der Waals surface area contributed by atoms with Gasteiger partial charge >= 0.3 is 5.97 Å². The molecule has 0 radical (unpaired) electrons. The number of hydrogen-bond donors (Lipinski definition) is 4. The Balaban J connectivity index is 1.97. The second-order valence-corrected chi connectivity index (χ2v) is 7.83. The van der Waals surface area contributed by atoms with Crippen LogP contribution in [0.25, 0.3) is 33.4 Å². The first-order chi connectivity index (χ1) is 15.8. The van der Waals surface area contributed by atoms with Gasteiger partial charge in [-0.05, 0) is 70.0 Å². The normalized spacial score (nSPS) is 10.9. The number of hydrogen-bond acceptors (Lipinski definition) is 5. The molecule has 8 nitrogen and oxygen atoms in total. The predicted molar refractivity (Wildman–Crippen MR) is 123 cm³/mol. The van der Waals surface area contributed by atoms with E-state index in [4.69, 9.17) is 9.84 Å². The second-order valence-electron chi connectivity index (χ2n) is 7.03. The number of carbonyl (C=O) groups excluding carboxylic acids is 1. The summed E-state index contributed by atoms with van der Waals surface area (Å²) in [7, 11) is 1.54. The summed E-state index contributed by atoms with van der Waals surface area (Å²) in [4.78, 5) is 31.1. The summed E-state index contributed by atoms with van der Waals surface area (Å²) < 4.78 is 19.1. The third-order valence-electron chi connectivity index (χ3n) is 4.97. The van der Waals surface area contributed by atoms with E-state index in [1.807, 2.05) is 0 Å². The van der Waals surface area contributed by atoms with Crippen molar-refractivity contribution in [3.63, 3.8) is 0 Å². The minimum absolute atomic E-state index is 0.274. The third-order valence-corrected chi connectivity index (χ3v) is 5.77. The fraction of sp³-hybridized carbons (Fsp3) is 0.0870. The van der Waals surface area contributed by atoms with Crippen LogP contribution in [0.5, 0.6) is 11.5 Å². The van der Waals surface area contributed by atoms with Crippen LogP contribution in [0.3, 0.4) is 0 Å². The number of benzene rings is 2. The smallest absolute Gasteiger partial charge is 0.322 e. The lowest BCUT2D eigenvalue weighted by Gasteiger charge is -2.10. The van der Waals surface area contributed by atoms with E-state index in [2.05, 4.69) is 31.2 Å². The monoisotopic (exact) mass is 513 g/mol. The minimum atomic E-state index is -1.24. The second kappa shape index (κ2) is 8.91. The standard InChI is InChI=1S/C23H17BrFN3O5/c1-33-14-8-4-12(5-9-14)19-20-16(22(31)21(28-19)23(32)26-10-15(29)30)17(24)18(27-20)11-2-6-13(25)7-3-11/h2-9,27,31H,10H2,1H3,(H,26,32)(H,29,30). The van der Waals surface area contributed by atoms with Crippen LogP contribution in [0, 0.1) is 5.82 Å². The summed E-state index contributed by atoms with van der Waals surface area (Å²) in [6, 6.07) is 12.7. The number of ether oxygens (including phenoxy) is 1. The zero-order valence-electron chi connectivity index (χ0n) is 17.1. The first kappa shape index (κ1) is 22.3. The highest BCUT2D eigenvalue weighted by Crippen LogP contribution is 2.43. The van der Waals surface area contributed by atoms with Gasteiger partial charge < -0.3 is 25.3 Å². The van der Waals surface area contributed by atoms with Gasteiger partial charge in [0.2, 0.25) is 0 Å². The van der Waals surface area contributed by atoms with E-state index >= 15 is 0 Å². The molecule has 0 unspecified atom stereocenters. The molecule has 10 heteroatoms. The zero-order chi connectivity index (χ0) is 23.7. The highest BCUT2D eigenvalue weighted by Gasteiger charge is 2.25. The largest absolute Gasteiger partial charge is 0.505 e. The number of nitrogens with zero attached hydrogens (tertiary/aromatic N) is 1. The molecule has 4 aromatic rings. The van der Waals surface area contributed by atoms with Gasteiger partial charge in [0, 0.05) is 5.56 Å². The molecule has 0 aliphatic rings. The van der Waals surface area contributed by atoms with Gasteiger partial charge in [0.1, 0.15) is 18.1 Å². The maximum Gasteiger partial charge on any atom is 0.322 e. The maximum absolute atomic E-state index is 13.4. The van der Waals surface area contributed by atoms with Gasteiger partial charge in [-0.3, -0.25) is 9.59 Å². The van der Waals surface area contributed by atoms with Gasteiger partial charge in [-0.15, -0.1) is 0 Å². The van der Waals surface area contributed by atoms with Crippen LogP contribution in [-0.2, 0) is 4.79 Å². The Bertz CT molecular complexity index is 1370. The number of aromatic nitrogens is 2. The van der Waals surface area contributed by atoms with E-state index in [9.17, 15) is 19.1 Å². The molecule has 0 saturated heterocycles. The van der Waals surface area contributed by atoms with Crippen molar-refractivity contribution >= 4 is 38.7 Å². The first-order valence-corrected chi connectivity index (χ1v) is 10.4. The van der Waals surface area contributed by atoms with Crippen molar-refractivity contribution in [1.29, 1.82) is 0 Å². The molecule has 168 valence electrons. The number of carbonyl (C=O) groups is 2. The van der Waals surface area contributed by atoms with Crippen LogP contribution in [0.2, 0.25) is 0 Å². The molecular weight excluding hydrogens is 497 g/mol. The van der Waals surface area contributed by atoms with Crippen molar-refractivity contribution in [2.75, 3.05) is 13.7 Å². The summed E-state index contributed by atoms with van der Waals surface area (Å²) >= 11 is 3.47. The molecule has 2 heterocycles. The van der Waals surface area contributed by atoms with Gasteiger partial charge in [-0.1, -0.05) is 0 Å². The van der Waals surface area contributed by atoms with Crippen molar-refractivity contribution in [3.8, 4) is 34.0 Å². The number of pyridine rings is 1. The van der Waals surface area contributed by atoms with E-state index in [0.29, 0.717) is 38.3 Å². The molecule has 0 saturated carbocycles. The van der Waals surface area contributed by atoms with Gasteiger partial charge in [0.25, 0.3) is 5.91 Å². The molecule has 0 aliphatic heterocycles. The molecule has 0 fully saturated rings. The molecule has 1 amide bonds. The van der Waals surface area contributed by atoms with Crippen LogP contribution in [-0.4, -0.2) is 45.7 Å². The summed E-state index contributed by atoms with van der Waals surface area (Å²) in [5.74, 6) is -2.29. The van der Waals surface area contributed by atoms with Crippen LogP contribution in [0.4, 0.5) is 4.39 Å². The Hall–Kier alpha value is -3.92. The van der Waals surface area contributed by atoms with E-state index < -0.39 is 30.0 Å². The lowest BCUT2D eigenvalue weighted by atomic mass is 10.1. The summed E-state index contributed by atoms with van der Waals surface area (Å²) in [6.07, 6.45) is 0. The number of halogens is 2. The maximum atomic E-state index is 13.4. The summed E-state index contributed by atoms with van der Waals surface area (Å²) in [5.41, 5.74) is 2.24. The average Bonchev–Trinajstić information content (AvgIpc) is 3.16. The molecular formula is C23H17BrFN3O5. The van der Waals surface area contributed by atoms with Crippen molar-refractivity contribution in [2.24, 2.45) is 0 Å². The molecule has 2 aromatic heterocycles. The van der Waals surface area contributed by atoms with Gasteiger partial charge in [-0.2, -0.15) is 0 Å². The number of aromatic hydroxyl groups is 1. The lowest BCUT2D eigenvalue weighted by Crippen LogP contribution is -2.30. The SMILES string of the molecule is COc1ccc(-c2nc(C(=O)NCC(=O)O)c(O)c3c(Br)c(-c4ccc(F)cc4)[nH]c23)cc1. The minimum Gasteiger partial charge on any atom is -0.505 e. The number of H-pyrrole nitrogens is 1. The Kier molecular flexibility index (Phi) is 6.01. The quantitative estimate of drug-likeness (QED) is 0.304. The highest BCUT2D eigenvalue weighted by molar-refractivity contribution is 9.10. The Labute approximate surface area is 195 Å². The number of carboxylic acid groups (broad SMARTS) is 1. The number of aromatic amines is 1. The fourth-order valence-electron chi connectivity index (χ4n) is 3.39. The molecule has 0 spiro atoms. The average molecular weight is 514 g/mol. The number of methoxy groups -OCH3 is 1. The van der Waals surface area contributed by atoms with E-state index in [0.717, 1.165) is 0 Å². The molecule has 0 bridgehead atoms. The molecule has 2 aromatic carbocycles. The molecule has 33 heavy (non-hydrogen) atoms. The number of fused-ring (bicyclic) bond motifs is 1. The number of nitrogens with one attached hydrogen (secondary N) is 2. The molecule has 0 atom stereocenters. The molecule has 4 rings (SSSR count). The Morgan fingerprint density at radius 2 is 1.76 bits per heavy atom. The first-order valence-electron chi connectivity index (χ1n) is 9.64. The van der Waals surface area contributed by atoms with Gasteiger partial charge in [0.15, 0.2) is 11.4 Å². The Morgan fingerprint density at radius 1 is 1.12 bits per heavy atom. The summed E-state index contributed by atoms with van der Waals surface area (Å²) in [6.45, 7) is -0.634. The van der Waals surface area contributed by atoms with E-state index in [1.54, 1.807) is 36.4 Å². The summed E-state index contributed by atoms with van der Waals surface area (Å²) in [5, 5.41) is 22.3. The van der Waals surface area contributed by atoms with Gasteiger partial charge in [0.05, 0.1) is 33.9 Å². The number of rotatable bonds is 6. The Morgan fingerprint density at radius 3 is 2.36 bits per heavy atom. The van der Waals surface area contributed by atoms with E-state index in [-0.39, 0.29) is 11.1 Å². The van der Waals surface area contributed by atoms with Crippen molar-refractivity contribution in [3.05, 3.63) is 64.5 Å². The topological polar surface area (TPSA) is 125 Å². The van der Waals surface area contributed by atoms with Gasteiger partial charge in [-0.25, -0.2) is 9.37 Å². The fourth-order valence-corrected chi connectivity index (χ4v) is 4.10. The zero-order valence-corrected chi connectivity index (χ0v) is 18.7. The highest BCUT2D eigenvalue weighted by atomic mass is 79.9. The molecule has 4 N–H and O–H groups in total. The van der Waals surface area contributed by atoms with Crippen LogP contribution >= 0.6 is 15.9 Å². The lowest BCUT2D eigenvalue weighted by molar-refractivity contribution is -0.135. The number of amides is 1. The van der Waals surface area contributed by atoms with Crippen molar-refractivity contribution in [2.45, 2.75) is 0 Å². The van der Waals surface area contributed by atoms with Crippen LogP contribution < -0.4 is 10.1 Å². The third kappa shape index (κ3) is 4.24. The van der Waals surface area contributed by atoms with Crippen LogP contribution in [0.1, 0.15) is 10.5 Å². The van der Waals surface area contributed by atoms with Crippen LogP contribution in [0.15, 0.2) is 53.0 Å². The van der Waals surface area contributed by atoms with E-state index in [1.165, 1.54) is 19.2 Å². The number of aliphatic carboxylic acids is 1. The van der Waals surface area contributed by atoms with Crippen molar-refractivity contribution in [1.82, 2.24) is 15.3 Å². The number of carboxylic acids is 1.